The van der Waals surface area contributed by atoms with E-state index in [1.165, 1.54) is 0 Å². The zero-order chi connectivity index (χ0) is 10.8. The lowest BCUT2D eigenvalue weighted by Crippen LogP contribution is -2.34. The quantitative estimate of drug-likeness (QED) is 0.807. The number of rotatable bonds is 3. The summed E-state index contributed by atoms with van der Waals surface area (Å²) >= 11 is 0. The van der Waals surface area contributed by atoms with Gasteiger partial charge in [0.25, 0.3) is 0 Å². The van der Waals surface area contributed by atoms with E-state index in [2.05, 4.69) is 14.6 Å². The summed E-state index contributed by atoms with van der Waals surface area (Å²) in [6, 6.07) is -0.469. The number of alkyl halides is 3. The molecule has 0 bridgehead atoms. The second kappa shape index (κ2) is 3.72. The third-order valence-corrected chi connectivity index (χ3v) is 1.45. The molecule has 0 aliphatic carbocycles. The molecular weight excluding hydrogens is 201 g/mol. The van der Waals surface area contributed by atoms with Gasteiger partial charge in [0.05, 0.1) is 0 Å². The minimum atomic E-state index is -4.31. The summed E-state index contributed by atoms with van der Waals surface area (Å²) in [6.45, 7) is 0.526. The molecule has 0 saturated heterocycles. The van der Waals surface area contributed by atoms with Crippen LogP contribution in [0.1, 0.15) is 6.92 Å². The first kappa shape index (κ1) is 10.6. The minimum absolute atomic E-state index is 0.112. The molecule has 0 fully saturated rings. The van der Waals surface area contributed by atoms with Gasteiger partial charge in [0.15, 0.2) is 0 Å². The highest BCUT2D eigenvalue weighted by Crippen LogP contribution is 2.21. The summed E-state index contributed by atoms with van der Waals surface area (Å²) in [7, 11) is 0. The number of anilines is 2. The third-order valence-electron chi connectivity index (χ3n) is 1.45. The molecule has 1 rings (SSSR count). The van der Waals surface area contributed by atoms with E-state index < -0.39 is 12.7 Å². The maximum atomic E-state index is 12.0. The fourth-order valence-corrected chi connectivity index (χ4v) is 0.885. The van der Waals surface area contributed by atoms with Crippen molar-refractivity contribution in [3.8, 4) is 0 Å². The molecule has 0 unspecified atom stereocenters. The van der Waals surface area contributed by atoms with Crippen LogP contribution in [0.4, 0.5) is 25.2 Å². The van der Waals surface area contributed by atoms with Gasteiger partial charge in [0, 0.05) is 6.54 Å². The molecular formula is C6H9F3N4O. The molecule has 0 spiro atoms. The molecule has 8 heteroatoms. The fraction of sp³-hybridized carbons (Fsp3) is 0.667. The van der Waals surface area contributed by atoms with Gasteiger partial charge in [-0.15, -0.1) is 0 Å². The van der Waals surface area contributed by atoms with Gasteiger partial charge in [-0.2, -0.15) is 13.2 Å². The summed E-state index contributed by atoms with van der Waals surface area (Å²) in [5.41, 5.74) is 5.09. The molecule has 80 valence electrons. The first-order valence-corrected chi connectivity index (χ1v) is 3.83. The average Bonchev–Trinajstić information content (AvgIpc) is 2.46. The van der Waals surface area contributed by atoms with E-state index in [1.807, 2.05) is 0 Å². The lowest BCUT2D eigenvalue weighted by atomic mass is 10.5. The van der Waals surface area contributed by atoms with Gasteiger partial charge in [-0.05, 0) is 6.92 Å². The van der Waals surface area contributed by atoms with Crippen LogP contribution < -0.4 is 10.6 Å². The number of halogens is 3. The number of nitrogens with two attached hydrogens (primary N) is 1. The predicted octanol–water partition coefficient (Wildman–Crippen LogP) is 1.04. The van der Waals surface area contributed by atoms with Crippen LogP contribution in [0.5, 0.6) is 0 Å². The first-order valence-electron chi connectivity index (χ1n) is 3.83. The van der Waals surface area contributed by atoms with Crippen molar-refractivity contribution in [3.05, 3.63) is 0 Å². The Morgan fingerprint density at radius 2 is 2.07 bits per heavy atom. The highest BCUT2D eigenvalue weighted by atomic mass is 19.4. The molecule has 0 aromatic carbocycles. The Hall–Kier alpha value is -1.47. The van der Waals surface area contributed by atoms with Gasteiger partial charge in [-0.1, -0.05) is 10.2 Å². The standard InChI is InChI=1S/C6H9F3N4O/c1-2-13(3-6(7,8)9)5-12-11-4(10)14-5/h2-3H2,1H3,(H2,10,11). The van der Waals surface area contributed by atoms with Crippen LogP contribution in [-0.4, -0.2) is 29.5 Å². The molecule has 2 N–H and O–H groups in total. The Morgan fingerprint density at radius 3 is 2.43 bits per heavy atom. The summed E-state index contributed by atoms with van der Waals surface area (Å²) in [5, 5.41) is 6.62. The largest absolute Gasteiger partial charge is 0.406 e. The van der Waals surface area contributed by atoms with E-state index in [4.69, 9.17) is 5.73 Å². The van der Waals surface area contributed by atoms with Crippen molar-refractivity contribution in [2.75, 3.05) is 23.7 Å². The molecule has 0 atom stereocenters. The number of nitrogens with zero attached hydrogens (tertiary/aromatic N) is 3. The van der Waals surface area contributed by atoms with E-state index in [9.17, 15) is 13.2 Å². The van der Waals surface area contributed by atoms with E-state index >= 15 is 0 Å². The predicted molar refractivity (Wildman–Crippen MR) is 42.7 cm³/mol. The van der Waals surface area contributed by atoms with Crippen molar-refractivity contribution in [1.82, 2.24) is 10.2 Å². The zero-order valence-electron chi connectivity index (χ0n) is 7.38. The number of nitrogen functional groups attached to an aromatic ring is 1. The second-order valence-corrected chi connectivity index (χ2v) is 2.55. The van der Waals surface area contributed by atoms with Gasteiger partial charge in [-0.25, -0.2) is 0 Å². The molecule has 0 aliphatic heterocycles. The molecule has 0 radical (unpaired) electrons. The van der Waals surface area contributed by atoms with Gasteiger partial charge in [0.1, 0.15) is 6.54 Å². The smallest absolute Gasteiger partial charge is 0.390 e. The van der Waals surface area contributed by atoms with E-state index in [0.29, 0.717) is 0 Å². The Labute approximate surface area is 77.7 Å². The Kier molecular flexibility index (Phi) is 2.82. The van der Waals surface area contributed by atoms with Crippen LogP contribution in [0.15, 0.2) is 4.42 Å². The average molecular weight is 210 g/mol. The molecule has 0 amide bonds. The van der Waals surface area contributed by atoms with Crippen LogP contribution >= 0.6 is 0 Å². The number of aromatic nitrogens is 2. The maximum Gasteiger partial charge on any atom is 0.406 e. The van der Waals surface area contributed by atoms with Crippen molar-refractivity contribution in [2.24, 2.45) is 0 Å². The van der Waals surface area contributed by atoms with E-state index in [-0.39, 0.29) is 18.6 Å². The first-order chi connectivity index (χ1) is 6.42. The van der Waals surface area contributed by atoms with Crippen LogP contribution in [0, 0.1) is 0 Å². The monoisotopic (exact) mass is 210 g/mol. The van der Waals surface area contributed by atoms with Crippen LogP contribution in [0.3, 0.4) is 0 Å². The summed E-state index contributed by atoms with van der Waals surface area (Å²) in [6.07, 6.45) is -4.31. The van der Waals surface area contributed by atoms with Gasteiger partial charge in [-0.3, -0.25) is 0 Å². The minimum Gasteiger partial charge on any atom is -0.390 e. The lowest BCUT2D eigenvalue weighted by Gasteiger charge is -2.19. The van der Waals surface area contributed by atoms with Gasteiger partial charge >= 0.3 is 18.2 Å². The molecule has 1 aromatic heterocycles. The van der Waals surface area contributed by atoms with Crippen LogP contribution in [-0.2, 0) is 0 Å². The number of hydrogen-bond donors (Lipinski definition) is 1. The van der Waals surface area contributed by atoms with Crippen molar-refractivity contribution < 1.29 is 17.6 Å². The second-order valence-electron chi connectivity index (χ2n) is 2.55. The third kappa shape index (κ3) is 2.79. The van der Waals surface area contributed by atoms with Crippen molar-refractivity contribution in [2.45, 2.75) is 13.1 Å². The van der Waals surface area contributed by atoms with E-state index in [0.717, 1.165) is 4.90 Å². The highest BCUT2D eigenvalue weighted by molar-refractivity contribution is 5.27. The Morgan fingerprint density at radius 1 is 1.43 bits per heavy atom. The molecule has 0 aliphatic rings. The SMILES string of the molecule is CCN(CC(F)(F)F)c1nnc(N)o1. The summed E-state index contributed by atoms with van der Waals surface area (Å²) < 4.78 is 40.7. The highest BCUT2D eigenvalue weighted by Gasteiger charge is 2.32. The summed E-state index contributed by atoms with van der Waals surface area (Å²) in [5.74, 6) is 0. The summed E-state index contributed by atoms with van der Waals surface area (Å²) in [4.78, 5) is 0.892. The normalized spacial score (nSPS) is 11.7. The number of hydrogen-bond acceptors (Lipinski definition) is 5. The van der Waals surface area contributed by atoms with Gasteiger partial charge in [0.2, 0.25) is 0 Å². The van der Waals surface area contributed by atoms with Crippen molar-refractivity contribution in [3.63, 3.8) is 0 Å². The fourth-order valence-electron chi connectivity index (χ4n) is 0.885. The Balaban J connectivity index is 2.72. The zero-order valence-corrected chi connectivity index (χ0v) is 7.38. The molecule has 1 heterocycles. The molecule has 0 saturated carbocycles. The van der Waals surface area contributed by atoms with Gasteiger partial charge < -0.3 is 15.1 Å². The lowest BCUT2D eigenvalue weighted by molar-refractivity contribution is -0.120. The van der Waals surface area contributed by atoms with Crippen LogP contribution in [0.25, 0.3) is 0 Å². The maximum absolute atomic E-state index is 12.0. The van der Waals surface area contributed by atoms with E-state index in [1.54, 1.807) is 6.92 Å². The Bertz CT molecular complexity index is 298. The topological polar surface area (TPSA) is 68.2 Å². The van der Waals surface area contributed by atoms with Crippen LogP contribution in [0.2, 0.25) is 0 Å². The molecule has 5 nitrogen and oxygen atoms in total. The molecule has 1 aromatic rings. The van der Waals surface area contributed by atoms with Crippen molar-refractivity contribution >= 4 is 12.0 Å². The molecule has 14 heavy (non-hydrogen) atoms. The van der Waals surface area contributed by atoms with Crippen molar-refractivity contribution in [1.29, 1.82) is 0 Å².